The second-order valence-corrected chi connectivity index (χ2v) is 6.53. The fourth-order valence-corrected chi connectivity index (χ4v) is 3.70. The van der Waals surface area contributed by atoms with Crippen molar-refractivity contribution in [3.8, 4) is 0 Å². The summed E-state index contributed by atoms with van der Waals surface area (Å²) in [5.41, 5.74) is 4.71. The molecule has 2 heterocycles. The number of likely N-dealkylation sites (tertiary alicyclic amines) is 1. The molecule has 0 unspecified atom stereocenters. The van der Waals surface area contributed by atoms with Gasteiger partial charge in [0.25, 0.3) is 5.91 Å². The van der Waals surface area contributed by atoms with Gasteiger partial charge in [-0.1, -0.05) is 6.07 Å². The van der Waals surface area contributed by atoms with E-state index in [0.717, 1.165) is 49.4 Å². The molecule has 1 fully saturated rings. The van der Waals surface area contributed by atoms with Crippen LogP contribution in [0.3, 0.4) is 0 Å². The molecule has 4 heteroatoms. The second kappa shape index (κ2) is 5.27. The van der Waals surface area contributed by atoms with Crippen molar-refractivity contribution < 1.29 is 4.79 Å². The Labute approximate surface area is 130 Å². The third kappa shape index (κ3) is 2.32. The summed E-state index contributed by atoms with van der Waals surface area (Å²) in [4.78, 5) is 22.4. The summed E-state index contributed by atoms with van der Waals surface area (Å²) < 4.78 is 0. The number of amides is 1. The van der Waals surface area contributed by atoms with E-state index >= 15 is 0 Å². The SMILES string of the molecule is Cc1cnc([C@@H]2CCN(C(=O)c3ccc4c(c3)CCC4)C2)[nH]1. The molecule has 1 saturated heterocycles. The molecular formula is C18H21N3O. The van der Waals surface area contributed by atoms with Crippen molar-refractivity contribution >= 4 is 5.91 Å². The first-order valence-electron chi connectivity index (χ1n) is 8.13. The number of hydrogen-bond acceptors (Lipinski definition) is 2. The molecule has 1 atom stereocenters. The van der Waals surface area contributed by atoms with Crippen LogP contribution in [0.25, 0.3) is 0 Å². The molecule has 1 amide bonds. The Morgan fingerprint density at radius 3 is 3.00 bits per heavy atom. The number of hydrogen-bond donors (Lipinski definition) is 1. The topological polar surface area (TPSA) is 49.0 Å². The van der Waals surface area contributed by atoms with Crippen molar-refractivity contribution in [2.75, 3.05) is 13.1 Å². The Balaban J connectivity index is 1.49. The van der Waals surface area contributed by atoms with E-state index in [0.29, 0.717) is 5.92 Å². The monoisotopic (exact) mass is 295 g/mol. The van der Waals surface area contributed by atoms with Gasteiger partial charge in [0.1, 0.15) is 5.82 Å². The van der Waals surface area contributed by atoms with Gasteiger partial charge >= 0.3 is 0 Å². The number of carbonyl (C=O) groups excluding carboxylic acids is 1. The van der Waals surface area contributed by atoms with Gasteiger partial charge in [0.2, 0.25) is 0 Å². The van der Waals surface area contributed by atoms with Crippen LogP contribution in [0.5, 0.6) is 0 Å². The molecule has 0 saturated carbocycles. The van der Waals surface area contributed by atoms with Crippen molar-refractivity contribution in [1.82, 2.24) is 14.9 Å². The van der Waals surface area contributed by atoms with Crippen LogP contribution < -0.4 is 0 Å². The Morgan fingerprint density at radius 1 is 1.32 bits per heavy atom. The van der Waals surface area contributed by atoms with Gasteiger partial charge in [-0.15, -0.1) is 0 Å². The third-order valence-electron chi connectivity index (χ3n) is 4.93. The summed E-state index contributed by atoms with van der Waals surface area (Å²) in [6.45, 7) is 3.60. The van der Waals surface area contributed by atoms with Crippen molar-refractivity contribution in [3.05, 3.63) is 52.6 Å². The molecule has 22 heavy (non-hydrogen) atoms. The number of aromatic amines is 1. The molecule has 0 radical (unpaired) electrons. The van der Waals surface area contributed by atoms with E-state index in [1.807, 2.05) is 24.1 Å². The van der Waals surface area contributed by atoms with Crippen LogP contribution in [-0.4, -0.2) is 33.9 Å². The number of fused-ring (bicyclic) bond motifs is 1. The van der Waals surface area contributed by atoms with E-state index in [9.17, 15) is 4.79 Å². The van der Waals surface area contributed by atoms with Gasteiger partial charge < -0.3 is 9.88 Å². The number of benzene rings is 1. The lowest BCUT2D eigenvalue weighted by Gasteiger charge is -2.17. The van der Waals surface area contributed by atoms with Crippen LogP contribution in [0.4, 0.5) is 0 Å². The number of imidazole rings is 1. The highest BCUT2D eigenvalue weighted by Gasteiger charge is 2.29. The first-order chi connectivity index (χ1) is 10.7. The van der Waals surface area contributed by atoms with Crippen molar-refractivity contribution in [2.24, 2.45) is 0 Å². The third-order valence-corrected chi connectivity index (χ3v) is 4.93. The molecular weight excluding hydrogens is 274 g/mol. The highest BCUT2D eigenvalue weighted by atomic mass is 16.2. The van der Waals surface area contributed by atoms with E-state index in [2.05, 4.69) is 22.1 Å². The molecule has 0 spiro atoms. The molecule has 1 aliphatic carbocycles. The maximum absolute atomic E-state index is 12.7. The van der Waals surface area contributed by atoms with Crippen molar-refractivity contribution in [3.63, 3.8) is 0 Å². The lowest BCUT2D eigenvalue weighted by atomic mass is 10.1. The molecule has 1 aromatic carbocycles. The van der Waals surface area contributed by atoms with Crippen LogP contribution in [-0.2, 0) is 12.8 Å². The minimum Gasteiger partial charge on any atom is -0.346 e. The second-order valence-electron chi connectivity index (χ2n) is 6.53. The Bertz CT molecular complexity index is 719. The summed E-state index contributed by atoms with van der Waals surface area (Å²) in [6, 6.07) is 6.24. The van der Waals surface area contributed by atoms with Gasteiger partial charge in [-0.25, -0.2) is 4.98 Å². The van der Waals surface area contributed by atoms with Crippen LogP contribution in [0.2, 0.25) is 0 Å². The van der Waals surface area contributed by atoms with Gasteiger partial charge in [-0.3, -0.25) is 4.79 Å². The molecule has 114 valence electrons. The average molecular weight is 295 g/mol. The lowest BCUT2D eigenvalue weighted by Crippen LogP contribution is -2.28. The molecule has 2 aliphatic rings. The molecule has 0 bridgehead atoms. The standard InChI is InChI=1S/C18H21N3O/c1-12-10-19-17(20-12)16-7-8-21(11-16)18(22)15-6-5-13-3-2-4-14(13)9-15/h5-6,9-10,16H,2-4,7-8,11H2,1H3,(H,19,20)/t16-/m1/s1. The van der Waals surface area contributed by atoms with Gasteiger partial charge in [-0.05, 0) is 55.9 Å². The fourth-order valence-electron chi connectivity index (χ4n) is 3.70. The van der Waals surface area contributed by atoms with Crippen LogP contribution >= 0.6 is 0 Å². The summed E-state index contributed by atoms with van der Waals surface area (Å²) in [6.07, 6.45) is 6.35. The highest BCUT2D eigenvalue weighted by molar-refractivity contribution is 5.94. The zero-order valence-corrected chi connectivity index (χ0v) is 12.9. The van der Waals surface area contributed by atoms with E-state index in [-0.39, 0.29) is 5.91 Å². The zero-order valence-electron chi connectivity index (χ0n) is 12.9. The smallest absolute Gasteiger partial charge is 0.253 e. The number of H-pyrrole nitrogens is 1. The van der Waals surface area contributed by atoms with Crippen molar-refractivity contribution in [2.45, 2.75) is 38.5 Å². The molecule has 1 aliphatic heterocycles. The number of nitrogens with one attached hydrogen (secondary N) is 1. The van der Waals surface area contributed by atoms with Gasteiger partial charge in [0.05, 0.1) is 0 Å². The number of nitrogens with zero attached hydrogens (tertiary/aromatic N) is 2. The minimum atomic E-state index is 0.167. The lowest BCUT2D eigenvalue weighted by molar-refractivity contribution is 0.0790. The van der Waals surface area contributed by atoms with E-state index in [1.54, 1.807) is 0 Å². The number of rotatable bonds is 2. The van der Waals surface area contributed by atoms with Crippen LogP contribution in [0, 0.1) is 6.92 Å². The maximum Gasteiger partial charge on any atom is 0.253 e. The minimum absolute atomic E-state index is 0.167. The summed E-state index contributed by atoms with van der Waals surface area (Å²) in [5, 5.41) is 0. The predicted octanol–water partition coefficient (Wildman–Crippen LogP) is 2.84. The molecule has 1 N–H and O–H groups in total. The largest absolute Gasteiger partial charge is 0.346 e. The first kappa shape index (κ1) is 13.6. The Hall–Kier alpha value is -2.10. The first-order valence-corrected chi connectivity index (χ1v) is 8.13. The van der Waals surface area contributed by atoms with Gasteiger partial charge in [0, 0.05) is 36.5 Å². The maximum atomic E-state index is 12.7. The summed E-state index contributed by atoms with van der Waals surface area (Å²) in [7, 11) is 0. The molecule has 4 nitrogen and oxygen atoms in total. The molecule has 1 aromatic heterocycles. The molecule has 4 rings (SSSR count). The van der Waals surface area contributed by atoms with Gasteiger partial charge in [0.15, 0.2) is 0 Å². The molecule has 2 aromatic rings. The Morgan fingerprint density at radius 2 is 2.18 bits per heavy atom. The normalized spacial score (nSPS) is 20.4. The number of aromatic nitrogens is 2. The highest BCUT2D eigenvalue weighted by Crippen LogP contribution is 2.28. The van der Waals surface area contributed by atoms with E-state index in [1.165, 1.54) is 17.5 Å². The zero-order chi connectivity index (χ0) is 15.1. The average Bonchev–Trinajstić information content (AvgIpc) is 3.25. The quantitative estimate of drug-likeness (QED) is 0.926. The van der Waals surface area contributed by atoms with Crippen LogP contribution in [0.1, 0.15) is 51.8 Å². The fraction of sp³-hybridized carbons (Fsp3) is 0.444. The van der Waals surface area contributed by atoms with Crippen molar-refractivity contribution in [1.29, 1.82) is 0 Å². The number of aryl methyl sites for hydroxylation is 3. The van der Waals surface area contributed by atoms with E-state index < -0.39 is 0 Å². The predicted molar refractivity (Wildman–Crippen MR) is 85.1 cm³/mol. The van der Waals surface area contributed by atoms with Crippen LogP contribution in [0.15, 0.2) is 24.4 Å². The Kier molecular flexibility index (Phi) is 3.25. The summed E-state index contributed by atoms with van der Waals surface area (Å²) >= 11 is 0. The summed E-state index contributed by atoms with van der Waals surface area (Å²) in [5.74, 6) is 1.52. The van der Waals surface area contributed by atoms with Gasteiger partial charge in [-0.2, -0.15) is 0 Å². The van der Waals surface area contributed by atoms with E-state index in [4.69, 9.17) is 0 Å². The number of carbonyl (C=O) groups is 1.